The van der Waals surface area contributed by atoms with E-state index in [1.807, 2.05) is 0 Å². The summed E-state index contributed by atoms with van der Waals surface area (Å²) < 4.78 is 12.9. The first-order valence-corrected chi connectivity index (χ1v) is 2.71. The minimum atomic E-state index is -3.87. The molecule has 0 saturated heterocycles. The monoisotopic (exact) mass is 112 g/mol. The van der Waals surface area contributed by atoms with Gasteiger partial charge < -0.3 is 4.89 Å². The fourth-order valence-corrected chi connectivity index (χ4v) is 0. The first-order valence-electron chi connectivity index (χ1n) is 1.06. The highest BCUT2D eigenvalue weighted by atomic mass is 31.2. The molecule has 0 aliphatic heterocycles. The van der Waals surface area contributed by atoms with Crippen LogP contribution < -0.4 is 11.4 Å². The summed E-state index contributed by atoms with van der Waals surface area (Å²) in [5, 5.41) is 0. The zero-order valence-electron chi connectivity index (χ0n) is 2.87. The molecular weight excluding hydrogens is 107 g/mol. The molecule has 0 aromatic heterocycles. The number of nitrogens with two attached hydrogens (primary N) is 2. The Bertz CT molecular complexity index is 72.9. The van der Waals surface area contributed by atoms with Crippen LogP contribution in [0, 0.1) is 0 Å². The van der Waals surface area contributed by atoms with Crippen molar-refractivity contribution in [2.24, 2.45) is 11.4 Å². The summed E-state index contributed by atoms with van der Waals surface area (Å²) >= 11 is 0. The Labute approximate surface area is 34.4 Å². The summed E-state index contributed by atoms with van der Waals surface area (Å²) in [5.41, 5.74) is 4.30. The molecule has 0 rings (SSSR count). The van der Waals surface area contributed by atoms with E-state index in [4.69, 9.17) is 4.89 Å². The van der Waals surface area contributed by atoms with Gasteiger partial charge in [0.05, 0.1) is 0 Å². The van der Waals surface area contributed by atoms with Gasteiger partial charge >= 0.3 is 7.75 Å². The molecule has 0 aromatic carbocycles. The molecule has 0 radical (unpaired) electrons. The SMILES string of the molecule is NOP(N)(=O)O. The van der Waals surface area contributed by atoms with Crippen LogP contribution in [-0.4, -0.2) is 4.89 Å². The van der Waals surface area contributed by atoms with Crippen molar-refractivity contribution in [3.8, 4) is 0 Å². The molecule has 5 N–H and O–H groups in total. The smallest absolute Gasteiger partial charge is 0.312 e. The minimum Gasteiger partial charge on any atom is -0.312 e. The molecule has 0 bridgehead atoms. The molecule has 1 atom stereocenters. The summed E-state index contributed by atoms with van der Waals surface area (Å²) in [5.74, 6) is 4.17. The standard InChI is InChI=1S/H5N2O3P/c1-5-6(2,3)4/h1H2,(H3,2,3,4). The van der Waals surface area contributed by atoms with E-state index in [9.17, 15) is 4.57 Å². The van der Waals surface area contributed by atoms with Gasteiger partial charge in [-0.3, -0.25) is 0 Å². The Morgan fingerprint density at radius 1 is 1.83 bits per heavy atom. The predicted octanol–water partition coefficient (Wildman–Crippen LogP) is -1.06. The van der Waals surface area contributed by atoms with Gasteiger partial charge in [-0.1, -0.05) is 0 Å². The van der Waals surface area contributed by atoms with Gasteiger partial charge in [-0.2, -0.15) is 0 Å². The van der Waals surface area contributed by atoms with Crippen molar-refractivity contribution >= 4 is 7.75 Å². The number of hydrogen-bond acceptors (Lipinski definition) is 3. The molecule has 0 fully saturated rings. The number of hydrogen-bond donors (Lipinski definition) is 3. The van der Waals surface area contributed by atoms with E-state index in [2.05, 4.69) is 16.0 Å². The van der Waals surface area contributed by atoms with Gasteiger partial charge in [-0.15, -0.1) is 0 Å². The topological polar surface area (TPSA) is 98.6 Å². The normalized spacial score (nSPS) is 19.8. The van der Waals surface area contributed by atoms with Gasteiger partial charge in [0.2, 0.25) is 0 Å². The lowest BCUT2D eigenvalue weighted by Gasteiger charge is -1.94. The zero-order chi connectivity index (χ0) is 5.21. The molecule has 0 spiro atoms. The minimum absolute atomic E-state index is 3.33. The van der Waals surface area contributed by atoms with Crippen LogP contribution in [0.2, 0.25) is 0 Å². The molecule has 0 aromatic rings. The fourth-order valence-electron chi connectivity index (χ4n) is 0. The zero-order valence-corrected chi connectivity index (χ0v) is 3.76. The average Bonchev–Trinajstić information content (AvgIpc) is 1.35. The molecule has 0 aliphatic carbocycles. The first-order chi connectivity index (χ1) is 2.56. The maximum absolute atomic E-state index is 9.57. The van der Waals surface area contributed by atoms with E-state index in [1.54, 1.807) is 0 Å². The Kier molecular flexibility index (Phi) is 1.70. The summed E-state index contributed by atoms with van der Waals surface area (Å²) in [6, 6.07) is 0. The molecule has 0 heterocycles. The van der Waals surface area contributed by atoms with E-state index in [-0.39, 0.29) is 0 Å². The third-order valence-electron chi connectivity index (χ3n) is 0.151. The lowest BCUT2D eigenvalue weighted by atomic mass is 13.6. The molecule has 1 unspecified atom stereocenters. The van der Waals surface area contributed by atoms with Crippen LogP contribution in [-0.2, 0) is 9.19 Å². The highest BCUT2D eigenvalue weighted by Gasteiger charge is 2.05. The van der Waals surface area contributed by atoms with Crippen molar-refractivity contribution in [3.05, 3.63) is 0 Å². The van der Waals surface area contributed by atoms with Crippen molar-refractivity contribution < 1.29 is 14.1 Å². The van der Waals surface area contributed by atoms with Crippen LogP contribution in [0.15, 0.2) is 0 Å². The highest BCUT2D eigenvalue weighted by molar-refractivity contribution is 7.50. The van der Waals surface area contributed by atoms with Gasteiger partial charge in [0, 0.05) is 0 Å². The largest absolute Gasteiger partial charge is 0.416 e. The first kappa shape index (κ1) is 6.07. The van der Waals surface area contributed by atoms with Gasteiger partial charge in [0.25, 0.3) is 0 Å². The lowest BCUT2D eigenvalue weighted by Crippen LogP contribution is -2.02. The van der Waals surface area contributed by atoms with Crippen LogP contribution in [0.5, 0.6) is 0 Å². The molecule has 0 aliphatic rings. The molecular formula is H5N2O3P. The van der Waals surface area contributed by atoms with E-state index in [1.165, 1.54) is 0 Å². The highest BCUT2D eigenvalue weighted by Crippen LogP contribution is 2.26. The third kappa shape index (κ3) is 4.07. The van der Waals surface area contributed by atoms with Crippen LogP contribution in [0.4, 0.5) is 0 Å². The van der Waals surface area contributed by atoms with Crippen molar-refractivity contribution in [1.29, 1.82) is 0 Å². The Morgan fingerprint density at radius 2 is 2.00 bits per heavy atom. The molecule has 38 valence electrons. The second-order valence-corrected chi connectivity index (χ2v) is 2.01. The van der Waals surface area contributed by atoms with Gasteiger partial charge in [-0.05, 0) is 0 Å². The quantitative estimate of drug-likeness (QED) is 0.296. The van der Waals surface area contributed by atoms with Gasteiger partial charge in [0.1, 0.15) is 0 Å². The van der Waals surface area contributed by atoms with Crippen molar-refractivity contribution in [3.63, 3.8) is 0 Å². The molecule has 0 saturated carbocycles. The van der Waals surface area contributed by atoms with Crippen molar-refractivity contribution in [1.82, 2.24) is 0 Å². The Morgan fingerprint density at radius 3 is 2.00 bits per heavy atom. The van der Waals surface area contributed by atoms with Crippen LogP contribution in [0.1, 0.15) is 0 Å². The second-order valence-electron chi connectivity index (χ2n) is 0.670. The van der Waals surface area contributed by atoms with E-state index < -0.39 is 7.75 Å². The summed E-state index contributed by atoms with van der Waals surface area (Å²) in [6.45, 7) is 0. The molecule has 6 heavy (non-hydrogen) atoms. The van der Waals surface area contributed by atoms with Crippen molar-refractivity contribution in [2.45, 2.75) is 0 Å². The van der Waals surface area contributed by atoms with E-state index in [0.717, 1.165) is 0 Å². The second kappa shape index (κ2) is 1.68. The lowest BCUT2D eigenvalue weighted by molar-refractivity contribution is 0.269. The van der Waals surface area contributed by atoms with Crippen LogP contribution in [0.25, 0.3) is 0 Å². The van der Waals surface area contributed by atoms with Gasteiger partial charge in [0.15, 0.2) is 0 Å². The van der Waals surface area contributed by atoms with Crippen LogP contribution >= 0.6 is 7.75 Å². The summed E-state index contributed by atoms with van der Waals surface area (Å²) in [4.78, 5) is 7.81. The maximum atomic E-state index is 9.57. The Balaban J connectivity index is 3.48. The molecule has 6 heteroatoms. The summed E-state index contributed by atoms with van der Waals surface area (Å²) in [7, 11) is -3.87. The fraction of sp³-hybridized carbons (Fsp3) is 0. The maximum Gasteiger partial charge on any atom is 0.416 e. The van der Waals surface area contributed by atoms with Crippen molar-refractivity contribution in [2.75, 3.05) is 0 Å². The van der Waals surface area contributed by atoms with Crippen LogP contribution in [0.3, 0.4) is 0 Å². The molecule has 0 amide bonds. The summed E-state index contributed by atoms with van der Waals surface area (Å²) in [6.07, 6.45) is 0. The van der Waals surface area contributed by atoms with Gasteiger partial charge in [-0.25, -0.2) is 20.6 Å². The third-order valence-corrected chi connectivity index (χ3v) is 0.453. The molecule has 5 nitrogen and oxygen atoms in total. The van der Waals surface area contributed by atoms with E-state index in [0.29, 0.717) is 0 Å². The average molecular weight is 112 g/mol. The predicted molar refractivity (Wildman–Crippen MR) is 19.3 cm³/mol. The Hall–Kier alpha value is 0.0700. The van der Waals surface area contributed by atoms with E-state index >= 15 is 0 Å². The number of rotatable bonds is 1.